The van der Waals surface area contributed by atoms with Crippen molar-refractivity contribution in [1.82, 2.24) is 9.55 Å². The zero-order chi connectivity index (χ0) is 17.9. The summed E-state index contributed by atoms with van der Waals surface area (Å²) in [7, 11) is 1.91. The van der Waals surface area contributed by atoms with Crippen molar-refractivity contribution in [3.63, 3.8) is 0 Å². The Kier molecular flexibility index (Phi) is 4.41. The number of carbonyl (C=O) groups is 1. The first-order valence-electron chi connectivity index (χ1n) is 8.17. The van der Waals surface area contributed by atoms with Gasteiger partial charge in [0, 0.05) is 25.1 Å². The molecule has 0 spiro atoms. The minimum absolute atomic E-state index is 0.122. The number of aryl methyl sites for hydroxylation is 1. The highest BCUT2D eigenvalue weighted by Gasteiger charge is 2.14. The van der Waals surface area contributed by atoms with Crippen molar-refractivity contribution in [3.8, 4) is 5.75 Å². The Morgan fingerprint density at radius 3 is 2.85 bits per heavy atom. The number of anilines is 1. The van der Waals surface area contributed by atoms with Crippen LogP contribution in [-0.2, 0) is 13.7 Å². The molecule has 3 aromatic heterocycles. The predicted octanol–water partition coefficient (Wildman–Crippen LogP) is 4.47. The second-order valence-electron chi connectivity index (χ2n) is 5.88. The van der Waals surface area contributed by atoms with Gasteiger partial charge >= 0.3 is 0 Å². The number of nitrogens with zero attached hydrogens (tertiary/aromatic N) is 2. The average molecular weight is 363 g/mol. The van der Waals surface area contributed by atoms with Crippen molar-refractivity contribution in [2.45, 2.75) is 6.61 Å². The molecule has 1 amide bonds. The van der Waals surface area contributed by atoms with Gasteiger partial charge in [0.25, 0.3) is 5.91 Å². The summed E-state index contributed by atoms with van der Waals surface area (Å²) in [5.74, 6) is 0.640. The molecule has 0 bridgehead atoms. The summed E-state index contributed by atoms with van der Waals surface area (Å²) in [6, 6.07) is 15.2. The Labute approximate surface area is 154 Å². The summed E-state index contributed by atoms with van der Waals surface area (Å²) in [4.78, 5) is 16.6. The molecule has 6 heteroatoms. The van der Waals surface area contributed by atoms with Crippen LogP contribution in [0.1, 0.15) is 16.1 Å². The van der Waals surface area contributed by atoms with Gasteiger partial charge < -0.3 is 14.6 Å². The lowest BCUT2D eigenvalue weighted by Crippen LogP contribution is -2.15. The number of nitrogens with one attached hydrogen (secondary N) is 1. The van der Waals surface area contributed by atoms with E-state index in [9.17, 15) is 4.79 Å². The Balaban J connectivity index is 1.47. The van der Waals surface area contributed by atoms with E-state index in [1.807, 2.05) is 65.5 Å². The van der Waals surface area contributed by atoms with Gasteiger partial charge in [0.15, 0.2) is 0 Å². The molecule has 0 radical (unpaired) electrons. The van der Waals surface area contributed by atoms with Gasteiger partial charge in [-0.3, -0.25) is 9.78 Å². The van der Waals surface area contributed by atoms with Gasteiger partial charge in [-0.15, -0.1) is 11.3 Å². The molecule has 0 saturated carbocycles. The quantitative estimate of drug-likeness (QED) is 0.569. The smallest absolute Gasteiger partial charge is 0.272 e. The number of aromatic nitrogens is 2. The van der Waals surface area contributed by atoms with Gasteiger partial charge in [-0.1, -0.05) is 12.1 Å². The zero-order valence-electron chi connectivity index (χ0n) is 14.2. The fourth-order valence-corrected chi connectivity index (χ4v) is 3.65. The number of ether oxygens (including phenoxy) is 1. The van der Waals surface area contributed by atoms with E-state index in [1.165, 1.54) is 0 Å². The molecule has 26 heavy (non-hydrogen) atoms. The first-order valence-corrected chi connectivity index (χ1v) is 9.05. The predicted molar refractivity (Wildman–Crippen MR) is 104 cm³/mol. The lowest BCUT2D eigenvalue weighted by molar-refractivity contribution is 0.101. The normalized spacial score (nSPS) is 10.8. The number of benzene rings is 1. The van der Waals surface area contributed by atoms with E-state index in [2.05, 4.69) is 10.3 Å². The summed E-state index contributed by atoms with van der Waals surface area (Å²) in [5, 5.41) is 4.99. The molecule has 1 aromatic carbocycles. The van der Waals surface area contributed by atoms with Crippen LogP contribution in [0.4, 0.5) is 5.69 Å². The van der Waals surface area contributed by atoms with Crippen molar-refractivity contribution in [3.05, 3.63) is 77.6 Å². The van der Waals surface area contributed by atoms with Gasteiger partial charge in [-0.25, -0.2) is 0 Å². The first-order chi connectivity index (χ1) is 12.7. The molecule has 4 rings (SSSR count). The molecule has 1 N–H and O–H groups in total. The number of thiophene rings is 1. The fraction of sp³-hybridized carbons (Fsp3) is 0.100. The molecule has 4 aromatic rings. The summed E-state index contributed by atoms with van der Waals surface area (Å²) in [5.41, 5.74) is 3.44. The third-order valence-electron chi connectivity index (χ3n) is 4.14. The van der Waals surface area contributed by atoms with Gasteiger partial charge in [0.05, 0.1) is 10.2 Å². The van der Waals surface area contributed by atoms with E-state index in [1.54, 1.807) is 23.7 Å². The van der Waals surface area contributed by atoms with E-state index in [0.717, 1.165) is 27.2 Å². The maximum Gasteiger partial charge on any atom is 0.272 e. The van der Waals surface area contributed by atoms with Crippen molar-refractivity contribution in [2.75, 3.05) is 5.32 Å². The van der Waals surface area contributed by atoms with Crippen LogP contribution in [-0.4, -0.2) is 15.5 Å². The Hall–Kier alpha value is -3.12. The van der Waals surface area contributed by atoms with Crippen LogP contribution in [0.5, 0.6) is 5.75 Å². The van der Waals surface area contributed by atoms with Crippen molar-refractivity contribution >= 4 is 33.1 Å². The number of amides is 1. The van der Waals surface area contributed by atoms with Crippen molar-refractivity contribution in [2.24, 2.45) is 7.05 Å². The molecular formula is C20H17N3O2S. The fourth-order valence-electron chi connectivity index (χ4n) is 2.80. The van der Waals surface area contributed by atoms with E-state index in [4.69, 9.17) is 4.74 Å². The second-order valence-corrected chi connectivity index (χ2v) is 6.83. The molecule has 3 heterocycles. The Morgan fingerprint density at radius 1 is 1.19 bits per heavy atom. The summed E-state index contributed by atoms with van der Waals surface area (Å²) in [6.45, 7) is 0.424. The molecule has 0 atom stereocenters. The standard InChI is InChI=1S/C20H17N3O2S/c1-23-17-7-10-26-19(17)12-18(23)20(24)22-15-4-2-3-14(11-15)13-25-16-5-8-21-9-6-16/h2-12H,13H2,1H3,(H,22,24). The van der Waals surface area contributed by atoms with Crippen molar-refractivity contribution in [1.29, 1.82) is 0 Å². The van der Waals surface area contributed by atoms with Crippen LogP contribution in [0, 0.1) is 0 Å². The Bertz CT molecular complexity index is 1050. The zero-order valence-corrected chi connectivity index (χ0v) is 15.0. The molecule has 0 unspecified atom stereocenters. The SMILES string of the molecule is Cn1c(C(=O)Nc2cccc(COc3ccncc3)c2)cc2sccc21. The van der Waals surface area contributed by atoms with Crippen LogP contribution < -0.4 is 10.1 Å². The molecule has 0 saturated heterocycles. The highest BCUT2D eigenvalue weighted by molar-refractivity contribution is 7.17. The van der Waals surface area contributed by atoms with Crippen LogP contribution in [0.15, 0.2) is 66.3 Å². The maximum absolute atomic E-state index is 12.6. The van der Waals surface area contributed by atoms with Crippen molar-refractivity contribution < 1.29 is 9.53 Å². The second kappa shape index (κ2) is 7.01. The molecular weight excluding hydrogens is 346 g/mol. The van der Waals surface area contributed by atoms with Crippen LogP contribution in [0.25, 0.3) is 10.2 Å². The average Bonchev–Trinajstić information content (AvgIpc) is 3.24. The number of fused-ring (bicyclic) bond motifs is 1. The van der Waals surface area contributed by atoms with E-state index in [0.29, 0.717) is 12.3 Å². The van der Waals surface area contributed by atoms with Gasteiger partial charge in [-0.2, -0.15) is 0 Å². The molecule has 0 aliphatic heterocycles. The largest absolute Gasteiger partial charge is 0.489 e. The highest BCUT2D eigenvalue weighted by Crippen LogP contribution is 2.25. The summed E-state index contributed by atoms with van der Waals surface area (Å²) in [6.07, 6.45) is 3.38. The number of carbonyl (C=O) groups excluding carboxylic acids is 1. The lowest BCUT2D eigenvalue weighted by Gasteiger charge is -2.09. The third kappa shape index (κ3) is 3.32. The van der Waals surface area contributed by atoms with Crippen LogP contribution >= 0.6 is 11.3 Å². The summed E-state index contributed by atoms with van der Waals surface area (Å²) < 4.78 is 8.75. The Morgan fingerprint density at radius 2 is 2.04 bits per heavy atom. The van der Waals surface area contributed by atoms with E-state index in [-0.39, 0.29) is 5.91 Å². The number of rotatable bonds is 5. The number of hydrogen-bond acceptors (Lipinski definition) is 4. The maximum atomic E-state index is 12.6. The molecule has 0 fully saturated rings. The molecule has 0 aliphatic carbocycles. The number of pyridine rings is 1. The van der Waals surface area contributed by atoms with Gasteiger partial charge in [-0.05, 0) is 47.3 Å². The molecule has 5 nitrogen and oxygen atoms in total. The monoisotopic (exact) mass is 363 g/mol. The minimum Gasteiger partial charge on any atom is -0.489 e. The van der Waals surface area contributed by atoms with Crippen LogP contribution in [0.3, 0.4) is 0 Å². The minimum atomic E-state index is -0.122. The van der Waals surface area contributed by atoms with Gasteiger partial charge in [0.2, 0.25) is 0 Å². The van der Waals surface area contributed by atoms with E-state index < -0.39 is 0 Å². The van der Waals surface area contributed by atoms with Crippen LogP contribution in [0.2, 0.25) is 0 Å². The first kappa shape index (κ1) is 16.4. The topological polar surface area (TPSA) is 56.2 Å². The molecule has 130 valence electrons. The highest BCUT2D eigenvalue weighted by atomic mass is 32.1. The van der Waals surface area contributed by atoms with Gasteiger partial charge in [0.1, 0.15) is 18.1 Å². The van der Waals surface area contributed by atoms with E-state index >= 15 is 0 Å². The number of hydrogen-bond donors (Lipinski definition) is 1. The summed E-state index contributed by atoms with van der Waals surface area (Å²) >= 11 is 1.63. The molecule has 0 aliphatic rings. The lowest BCUT2D eigenvalue weighted by atomic mass is 10.2. The third-order valence-corrected chi connectivity index (χ3v) is 4.99.